The molecule has 2 aromatic carbocycles. The van der Waals surface area contributed by atoms with Gasteiger partial charge in [0.05, 0.1) is 5.52 Å². The van der Waals surface area contributed by atoms with Crippen molar-refractivity contribution in [3.63, 3.8) is 0 Å². The summed E-state index contributed by atoms with van der Waals surface area (Å²) in [7, 11) is 3.88. The molecule has 0 bridgehead atoms. The second kappa shape index (κ2) is 10.4. The van der Waals surface area contributed by atoms with Crippen LogP contribution in [0.3, 0.4) is 0 Å². The van der Waals surface area contributed by atoms with E-state index in [1.54, 1.807) is 12.1 Å². The number of likely N-dealkylation sites (tertiary alicyclic amines) is 1. The van der Waals surface area contributed by atoms with Crippen molar-refractivity contribution in [1.29, 1.82) is 0 Å². The van der Waals surface area contributed by atoms with Crippen molar-refractivity contribution in [3.05, 3.63) is 71.9 Å². The smallest absolute Gasteiger partial charge is 0.253 e. The standard InChI is InChI=1S/C26H30N6O2/c1-18-15-19(10-11-22(18)29-24(33)9-6-13-31(2)3)25(34)32-14-12-21(17-32)28-26-27-16-20-7-4-5-8-23(20)30-26/h4-11,15-16,21H,12-14,17H2,1-3H3,(H,29,33)(H,27,28,30)/b9-6+/t21-/m1/s1. The van der Waals surface area contributed by atoms with Crippen LogP contribution in [-0.2, 0) is 4.79 Å². The van der Waals surface area contributed by atoms with E-state index in [2.05, 4.69) is 20.6 Å². The zero-order valence-corrected chi connectivity index (χ0v) is 19.8. The average molecular weight is 459 g/mol. The number of carbonyl (C=O) groups excluding carboxylic acids is 2. The molecular weight excluding hydrogens is 428 g/mol. The molecule has 0 saturated carbocycles. The van der Waals surface area contributed by atoms with E-state index in [0.717, 1.165) is 22.9 Å². The van der Waals surface area contributed by atoms with Gasteiger partial charge in [-0.1, -0.05) is 24.3 Å². The number of amides is 2. The van der Waals surface area contributed by atoms with Crippen molar-refractivity contribution in [2.24, 2.45) is 0 Å². The fourth-order valence-electron chi connectivity index (χ4n) is 3.95. The predicted molar refractivity (Wildman–Crippen MR) is 135 cm³/mol. The van der Waals surface area contributed by atoms with Gasteiger partial charge in [0.25, 0.3) is 5.91 Å². The lowest BCUT2D eigenvalue weighted by Gasteiger charge is -2.18. The van der Waals surface area contributed by atoms with Crippen molar-refractivity contribution in [1.82, 2.24) is 19.8 Å². The van der Waals surface area contributed by atoms with Crippen LogP contribution < -0.4 is 10.6 Å². The van der Waals surface area contributed by atoms with Crippen molar-refractivity contribution >= 4 is 34.4 Å². The van der Waals surface area contributed by atoms with E-state index in [4.69, 9.17) is 0 Å². The summed E-state index contributed by atoms with van der Waals surface area (Å²) in [6, 6.07) is 13.3. The highest BCUT2D eigenvalue weighted by atomic mass is 16.2. The van der Waals surface area contributed by atoms with Crippen molar-refractivity contribution < 1.29 is 9.59 Å². The number of aryl methyl sites for hydroxylation is 1. The number of para-hydroxylation sites is 1. The highest BCUT2D eigenvalue weighted by Crippen LogP contribution is 2.21. The highest BCUT2D eigenvalue weighted by Gasteiger charge is 2.27. The molecule has 0 radical (unpaired) electrons. The van der Waals surface area contributed by atoms with E-state index < -0.39 is 0 Å². The number of anilines is 2. The van der Waals surface area contributed by atoms with E-state index in [9.17, 15) is 9.59 Å². The maximum Gasteiger partial charge on any atom is 0.253 e. The van der Waals surface area contributed by atoms with Gasteiger partial charge in [-0.3, -0.25) is 9.59 Å². The number of nitrogens with one attached hydrogen (secondary N) is 2. The van der Waals surface area contributed by atoms with Crippen LogP contribution >= 0.6 is 0 Å². The highest BCUT2D eigenvalue weighted by molar-refractivity contribution is 6.01. The summed E-state index contributed by atoms with van der Waals surface area (Å²) < 4.78 is 0. The molecule has 8 heteroatoms. The Balaban J connectivity index is 1.35. The summed E-state index contributed by atoms with van der Waals surface area (Å²) in [5.74, 6) is 0.373. The Labute approximate surface area is 199 Å². The first-order valence-corrected chi connectivity index (χ1v) is 11.4. The number of carbonyl (C=O) groups is 2. The minimum absolute atomic E-state index is 0.0180. The number of nitrogens with zero attached hydrogens (tertiary/aromatic N) is 4. The van der Waals surface area contributed by atoms with Crippen LogP contribution in [0.15, 0.2) is 60.8 Å². The first-order chi connectivity index (χ1) is 16.4. The molecule has 1 aliphatic heterocycles. The topological polar surface area (TPSA) is 90.5 Å². The summed E-state index contributed by atoms with van der Waals surface area (Å²) in [4.78, 5) is 38.0. The lowest BCUT2D eigenvalue weighted by atomic mass is 10.1. The number of hydrogen-bond donors (Lipinski definition) is 2. The Bertz CT molecular complexity index is 1220. The molecular formula is C26H30N6O2. The fraction of sp³-hybridized carbons (Fsp3) is 0.308. The summed E-state index contributed by atoms with van der Waals surface area (Å²) in [5.41, 5.74) is 3.05. The van der Waals surface area contributed by atoms with Crippen molar-refractivity contribution in [3.8, 4) is 0 Å². The van der Waals surface area contributed by atoms with Gasteiger partial charge in [-0.05, 0) is 57.3 Å². The first-order valence-electron chi connectivity index (χ1n) is 11.4. The first kappa shape index (κ1) is 23.4. The third-order valence-electron chi connectivity index (χ3n) is 5.77. The Morgan fingerprint density at radius 3 is 2.82 bits per heavy atom. The molecule has 3 aromatic rings. The second-order valence-electron chi connectivity index (χ2n) is 8.82. The van der Waals surface area contributed by atoms with Gasteiger partial charge in [0.2, 0.25) is 11.9 Å². The molecule has 1 fully saturated rings. The Morgan fingerprint density at radius 1 is 1.21 bits per heavy atom. The van der Waals surface area contributed by atoms with Gasteiger partial charge in [0.1, 0.15) is 0 Å². The van der Waals surface area contributed by atoms with Gasteiger partial charge in [-0.15, -0.1) is 0 Å². The molecule has 176 valence electrons. The third kappa shape index (κ3) is 5.77. The minimum atomic E-state index is -0.187. The number of hydrogen-bond acceptors (Lipinski definition) is 6. The number of rotatable bonds is 7. The zero-order valence-electron chi connectivity index (χ0n) is 19.8. The van der Waals surface area contributed by atoms with Crippen LogP contribution in [0.5, 0.6) is 0 Å². The van der Waals surface area contributed by atoms with Gasteiger partial charge < -0.3 is 20.4 Å². The maximum atomic E-state index is 13.1. The number of benzene rings is 2. The molecule has 0 unspecified atom stereocenters. The lowest BCUT2D eigenvalue weighted by Crippen LogP contribution is -2.32. The summed E-state index contributed by atoms with van der Waals surface area (Å²) in [5, 5.41) is 7.23. The van der Waals surface area contributed by atoms with Gasteiger partial charge in [0, 0.05) is 54.6 Å². The van der Waals surface area contributed by atoms with Crippen LogP contribution in [0, 0.1) is 6.92 Å². The van der Waals surface area contributed by atoms with Crippen molar-refractivity contribution in [2.75, 3.05) is 44.4 Å². The molecule has 34 heavy (non-hydrogen) atoms. The molecule has 1 atom stereocenters. The molecule has 1 saturated heterocycles. The maximum absolute atomic E-state index is 13.1. The number of likely N-dealkylation sites (N-methyl/N-ethyl adjacent to an activating group) is 1. The molecule has 8 nitrogen and oxygen atoms in total. The largest absolute Gasteiger partial charge is 0.350 e. The normalized spacial score (nSPS) is 15.9. The molecule has 2 N–H and O–H groups in total. The fourth-order valence-corrected chi connectivity index (χ4v) is 3.95. The van der Waals surface area contributed by atoms with Gasteiger partial charge in [-0.2, -0.15) is 0 Å². The van der Waals surface area contributed by atoms with E-state index in [1.165, 1.54) is 6.08 Å². The van der Waals surface area contributed by atoms with E-state index >= 15 is 0 Å². The summed E-state index contributed by atoms with van der Waals surface area (Å²) >= 11 is 0. The molecule has 1 aromatic heterocycles. The quantitative estimate of drug-likeness (QED) is 0.528. The van der Waals surface area contributed by atoms with Crippen LogP contribution in [0.1, 0.15) is 22.3 Å². The Hall–Kier alpha value is -3.78. The zero-order chi connectivity index (χ0) is 24.1. The average Bonchev–Trinajstić information content (AvgIpc) is 3.28. The molecule has 0 aliphatic carbocycles. The lowest BCUT2D eigenvalue weighted by molar-refractivity contribution is -0.111. The van der Waals surface area contributed by atoms with Crippen LogP contribution in [0.25, 0.3) is 10.9 Å². The monoisotopic (exact) mass is 458 g/mol. The number of aromatic nitrogens is 2. The van der Waals surface area contributed by atoms with Crippen molar-refractivity contribution in [2.45, 2.75) is 19.4 Å². The summed E-state index contributed by atoms with van der Waals surface area (Å²) in [6.07, 6.45) is 5.97. The Kier molecular flexibility index (Phi) is 7.18. The SMILES string of the molecule is Cc1cc(C(=O)N2CC[C@@H](Nc3ncc4ccccc4n3)C2)ccc1NC(=O)/C=C/CN(C)C. The third-order valence-corrected chi connectivity index (χ3v) is 5.77. The van der Waals surface area contributed by atoms with E-state index in [-0.39, 0.29) is 17.9 Å². The summed E-state index contributed by atoms with van der Waals surface area (Å²) in [6.45, 7) is 3.83. The van der Waals surface area contributed by atoms with Gasteiger partial charge in [0.15, 0.2) is 0 Å². The molecule has 2 heterocycles. The van der Waals surface area contributed by atoms with Crippen LogP contribution in [0.4, 0.5) is 11.6 Å². The predicted octanol–water partition coefficient (Wildman–Crippen LogP) is 3.32. The minimum Gasteiger partial charge on any atom is -0.350 e. The van der Waals surface area contributed by atoms with E-state index in [1.807, 2.05) is 73.4 Å². The molecule has 4 rings (SSSR count). The molecule has 1 aliphatic rings. The van der Waals surface area contributed by atoms with Crippen LogP contribution in [-0.4, -0.2) is 71.4 Å². The number of fused-ring (bicyclic) bond motifs is 1. The Morgan fingerprint density at radius 2 is 2.03 bits per heavy atom. The second-order valence-corrected chi connectivity index (χ2v) is 8.82. The van der Waals surface area contributed by atoms with Gasteiger partial charge in [-0.25, -0.2) is 9.97 Å². The van der Waals surface area contributed by atoms with Crippen LogP contribution in [0.2, 0.25) is 0 Å². The van der Waals surface area contributed by atoms with E-state index in [0.29, 0.717) is 36.8 Å². The molecule has 0 spiro atoms. The molecule has 2 amide bonds. The van der Waals surface area contributed by atoms with Gasteiger partial charge >= 0.3 is 0 Å².